The van der Waals surface area contributed by atoms with E-state index < -0.39 is 6.04 Å². The zero-order valence-corrected chi connectivity index (χ0v) is 23.5. The third-order valence-corrected chi connectivity index (χ3v) is 6.65. The molecule has 3 aromatic heterocycles. The first-order valence-corrected chi connectivity index (χ1v) is 13.1. The van der Waals surface area contributed by atoms with E-state index in [2.05, 4.69) is 31.6 Å². The van der Waals surface area contributed by atoms with Gasteiger partial charge in [-0.1, -0.05) is 19.6 Å². The van der Waals surface area contributed by atoms with Crippen LogP contribution in [-0.4, -0.2) is 84.4 Å². The fourth-order valence-electron chi connectivity index (χ4n) is 4.87. The van der Waals surface area contributed by atoms with Crippen molar-refractivity contribution in [3.05, 3.63) is 61.1 Å². The van der Waals surface area contributed by atoms with E-state index in [-0.39, 0.29) is 41.3 Å². The van der Waals surface area contributed by atoms with Gasteiger partial charge in [0.1, 0.15) is 23.8 Å². The third-order valence-electron chi connectivity index (χ3n) is 6.65. The lowest BCUT2D eigenvalue weighted by atomic mass is 10.0. The van der Waals surface area contributed by atoms with Gasteiger partial charge in [-0.25, -0.2) is 9.97 Å². The van der Waals surface area contributed by atoms with Crippen molar-refractivity contribution in [1.82, 2.24) is 34.5 Å². The van der Waals surface area contributed by atoms with E-state index in [1.807, 2.05) is 25.9 Å². The normalized spacial score (nSPS) is 17.8. The van der Waals surface area contributed by atoms with Crippen LogP contribution in [0.3, 0.4) is 0 Å². The molecule has 208 valence electrons. The first kappa shape index (κ1) is 28.6. The maximum Gasteiger partial charge on any atom is 0.244 e. The Labute approximate surface area is 233 Å². The predicted octanol–water partition coefficient (Wildman–Crippen LogP) is 3.12. The lowest BCUT2D eigenvalue weighted by Crippen LogP contribution is -2.44. The van der Waals surface area contributed by atoms with Crippen molar-refractivity contribution in [3.63, 3.8) is 0 Å². The Morgan fingerprint density at radius 2 is 1.90 bits per heavy atom. The second-order valence-corrected chi connectivity index (χ2v) is 10.2. The fourth-order valence-corrected chi connectivity index (χ4v) is 4.87. The first-order valence-electron chi connectivity index (χ1n) is 13.1. The molecule has 1 amide bonds. The number of Topliss-reactive ketones (excluding diaryl/α,β-unsaturated/α-hetero) is 2. The molecular weight excluding hydrogens is 508 g/mol. The molecule has 1 saturated heterocycles. The van der Waals surface area contributed by atoms with Crippen LogP contribution in [0.5, 0.6) is 0 Å². The van der Waals surface area contributed by atoms with Crippen molar-refractivity contribution in [2.24, 2.45) is 10.9 Å². The smallest absolute Gasteiger partial charge is 0.244 e. The van der Waals surface area contributed by atoms with Crippen molar-refractivity contribution >= 4 is 34.1 Å². The molecule has 4 heterocycles. The molecular formula is C29H34N8O3. The van der Waals surface area contributed by atoms with Gasteiger partial charge < -0.3 is 9.80 Å². The average Bonchev–Trinajstić information content (AvgIpc) is 3.48. The lowest BCUT2D eigenvalue weighted by Gasteiger charge is -2.23. The van der Waals surface area contributed by atoms with E-state index in [9.17, 15) is 14.4 Å². The van der Waals surface area contributed by atoms with Crippen molar-refractivity contribution in [1.29, 1.82) is 0 Å². The number of pyridine rings is 1. The van der Waals surface area contributed by atoms with Crippen molar-refractivity contribution < 1.29 is 14.4 Å². The summed E-state index contributed by atoms with van der Waals surface area (Å²) in [5.74, 6) is 0.106. The van der Waals surface area contributed by atoms with Crippen LogP contribution in [0, 0.1) is 5.92 Å². The van der Waals surface area contributed by atoms with Gasteiger partial charge in [0.2, 0.25) is 11.7 Å². The number of ketones is 2. The first-order chi connectivity index (χ1) is 19.1. The zero-order valence-electron chi connectivity index (χ0n) is 23.5. The monoisotopic (exact) mass is 542 g/mol. The number of fused-ring (bicyclic) bond motifs is 1. The number of rotatable bonds is 10. The Kier molecular flexibility index (Phi) is 8.73. The number of likely N-dealkylation sites (tertiary alicyclic amines) is 1. The number of aliphatic imine (C=N–C) groups is 1. The Bertz CT molecular complexity index is 1500. The lowest BCUT2D eigenvalue weighted by molar-refractivity contribution is -0.136. The molecule has 0 aromatic carbocycles. The maximum atomic E-state index is 13.5. The van der Waals surface area contributed by atoms with Gasteiger partial charge in [0.25, 0.3) is 0 Å². The molecule has 2 atom stereocenters. The molecule has 0 radical (unpaired) electrons. The molecule has 0 N–H and O–H groups in total. The van der Waals surface area contributed by atoms with E-state index >= 15 is 0 Å². The summed E-state index contributed by atoms with van der Waals surface area (Å²) in [7, 11) is 3.89. The summed E-state index contributed by atoms with van der Waals surface area (Å²) in [5.41, 5.74) is 2.34. The minimum atomic E-state index is -0.633. The van der Waals surface area contributed by atoms with Crippen LogP contribution < -0.4 is 0 Å². The van der Waals surface area contributed by atoms with Crippen LogP contribution in [0.1, 0.15) is 43.5 Å². The van der Waals surface area contributed by atoms with Gasteiger partial charge in [-0.3, -0.25) is 29.0 Å². The van der Waals surface area contributed by atoms with E-state index in [4.69, 9.17) is 0 Å². The SMILES string of the molecule is C=CN=C(/C=C\C)C(=O)[C@@H]1C[C@@H](C)CN1C(=O)Cn1nc(C(C)=O)c2cc(-c3cnc(CN(C)C)nc3)ncc21. The van der Waals surface area contributed by atoms with Gasteiger partial charge in [-0.05, 0) is 45.5 Å². The third kappa shape index (κ3) is 6.09. The van der Waals surface area contributed by atoms with E-state index in [0.717, 1.165) is 0 Å². The van der Waals surface area contributed by atoms with Gasteiger partial charge in [0.15, 0.2) is 5.78 Å². The van der Waals surface area contributed by atoms with Crippen LogP contribution in [-0.2, 0) is 22.7 Å². The summed E-state index contributed by atoms with van der Waals surface area (Å²) < 4.78 is 1.48. The van der Waals surface area contributed by atoms with Crippen LogP contribution in [0.4, 0.5) is 0 Å². The minimum absolute atomic E-state index is 0.138. The Hall–Kier alpha value is -4.38. The molecule has 1 aliphatic rings. The van der Waals surface area contributed by atoms with Gasteiger partial charge in [-0.2, -0.15) is 5.10 Å². The number of hydrogen-bond acceptors (Lipinski definition) is 9. The molecule has 1 aliphatic heterocycles. The number of amides is 1. The number of hydrogen-bond donors (Lipinski definition) is 0. The van der Waals surface area contributed by atoms with Gasteiger partial charge >= 0.3 is 0 Å². The molecule has 0 bridgehead atoms. The van der Waals surface area contributed by atoms with Crippen molar-refractivity contribution in [2.75, 3.05) is 20.6 Å². The Morgan fingerprint density at radius 1 is 1.18 bits per heavy atom. The van der Waals surface area contributed by atoms with Gasteiger partial charge in [0, 0.05) is 43.0 Å². The quantitative estimate of drug-likeness (QED) is 0.283. The number of carbonyl (C=O) groups is 3. The van der Waals surface area contributed by atoms with Crippen LogP contribution in [0.2, 0.25) is 0 Å². The number of aromatic nitrogens is 5. The zero-order chi connectivity index (χ0) is 29.0. The molecule has 1 fully saturated rings. The average molecular weight is 543 g/mol. The molecule has 4 rings (SSSR count). The van der Waals surface area contributed by atoms with Crippen LogP contribution in [0.25, 0.3) is 22.2 Å². The summed E-state index contributed by atoms with van der Waals surface area (Å²) in [6.07, 6.45) is 10.2. The fraction of sp³-hybridized carbons (Fsp3) is 0.379. The highest BCUT2D eigenvalue weighted by Crippen LogP contribution is 2.27. The van der Waals surface area contributed by atoms with Crippen molar-refractivity contribution in [2.45, 2.75) is 46.3 Å². The number of allylic oxidation sites excluding steroid dienone is 2. The molecule has 0 saturated carbocycles. The Balaban J connectivity index is 1.63. The Morgan fingerprint density at radius 3 is 2.52 bits per heavy atom. The van der Waals surface area contributed by atoms with Crippen LogP contribution >= 0.6 is 0 Å². The molecule has 0 unspecified atom stereocenters. The molecule has 3 aromatic rings. The summed E-state index contributed by atoms with van der Waals surface area (Å²) in [6, 6.07) is 1.13. The standard InChI is InChI=1S/C29H34N8O3/c1-7-9-22(30-8-2)29(40)24-10-18(3)15-36(24)27(39)17-37-25-14-31-23(11-21(25)28(34-37)19(4)38)20-12-32-26(33-13-20)16-35(5)6/h7-9,11-14,18,24H,2,10,15-17H2,1,3-6H3/b9-7-,30-22?/t18-,24+/m1/s1. The molecule has 11 heteroatoms. The van der Waals surface area contributed by atoms with E-state index in [1.165, 1.54) is 17.8 Å². The molecule has 0 aliphatic carbocycles. The topological polar surface area (TPSA) is 127 Å². The van der Waals surface area contributed by atoms with E-state index in [0.29, 0.717) is 47.5 Å². The second-order valence-electron chi connectivity index (χ2n) is 10.2. The largest absolute Gasteiger partial charge is 0.330 e. The highest BCUT2D eigenvalue weighted by molar-refractivity contribution is 6.46. The number of carbonyl (C=O) groups excluding carboxylic acids is 3. The van der Waals surface area contributed by atoms with E-state index in [1.54, 1.807) is 48.6 Å². The maximum absolute atomic E-state index is 13.5. The number of nitrogens with zero attached hydrogens (tertiary/aromatic N) is 8. The molecule has 11 nitrogen and oxygen atoms in total. The highest BCUT2D eigenvalue weighted by Gasteiger charge is 2.39. The summed E-state index contributed by atoms with van der Waals surface area (Å²) in [5, 5.41) is 5.06. The molecule has 0 spiro atoms. The molecule has 40 heavy (non-hydrogen) atoms. The van der Waals surface area contributed by atoms with Crippen LogP contribution in [0.15, 0.2) is 54.6 Å². The summed E-state index contributed by atoms with van der Waals surface area (Å²) in [4.78, 5) is 60.4. The predicted molar refractivity (Wildman–Crippen MR) is 153 cm³/mol. The highest BCUT2D eigenvalue weighted by atomic mass is 16.2. The summed E-state index contributed by atoms with van der Waals surface area (Å²) in [6.45, 7) is 9.75. The van der Waals surface area contributed by atoms with Crippen molar-refractivity contribution in [3.8, 4) is 11.3 Å². The van der Waals surface area contributed by atoms with Gasteiger partial charge in [-0.15, -0.1) is 0 Å². The van der Waals surface area contributed by atoms with Gasteiger partial charge in [0.05, 0.1) is 30.0 Å². The minimum Gasteiger partial charge on any atom is -0.330 e. The summed E-state index contributed by atoms with van der Waals surface area (Å²) >= 11 is 0. The second kappa shape index (κ2) is 12.2.